The number of benzene rings is 1. The van der Waals surface area contributed by atoms with Crippen molar-refractivity contribution in [2.45, 2.75) is 45.3 Å². The van der Waals surface area contributed by atoms with Crippen molar-refractivity contribution in [3.05, 3.63) is 34.9 Å². The first-order valence-corrected chi connectivity index (χ1v) is 6.02. The molecule has 1 rings (SSSR count). The smallest absolute Gasteiger partial charge is 0.0854 e. The van der Waals surface area contributed by atoms with Crippen LogP contribution >= 0.6 is 0 Å². The van der Waals surface area contributed by atoms with Crippen molar-refractivity contribution in [1.29, 1.82) is 0 Å². The molecule has 3 heteroatoms. The van der Waals surface area contributed by atoms with Gasteiger partial charge in [-0.25, -0.2) is 0 Å². The Hall–Kier alpha value is -0.900. The van der Waals surface area contributed by atoms with Crippen LogP contribution in [0.15, 0.2) is 18.2 Å². The molecule has 2 atom stereocenters. The van der Waals surface area contributed by atoms with E-state index in [1.807, 2.05) is 13.0 Å². The van der Waals surface area contributed by atoms with Gasteiger partial charge < -0.3 is 16.6 Å². The molecule has 17 heavy (non-hydrogen) atoms. The zero-order chi connectivity index (χ0) is 13.2. The molecule has 5 N–H and O–H groups in total. The summed E-state index contributed by atoms with van der Waals surface area (Å²) in [6.45, 7) is 8.73. The topological polar surface area (TPSA) is 72.3 Å². The maximum atomic E-state index is 9.68. The largest absolute Gasteiger partial charge is 0.390 e. The molecular weight excluding hydrogens is 212 g/mol. The van der Waals surface area contributed by atoms with E-state index in [9.17, 15) is 5.11 Å². The predicted octanol–water partition coefficient (Wildman–Crippen LogP) is 1.61. The van der Waals surface area contributed by atoms with Crippen molar-refractivity contribution in [1.82, 2.24) is 0 Å². The van der Waals surface area contributed by atoms with Crippen LogP contribution in [0.2, 0.25) is 0 Å². The summed E-state index contributed by atoms with van der Waals surface area (Å²) < 4.78 is 0. The lowest BCUT2D eigenvalue weighted by Gasteiger charge is -2.24. The van der Waals surface area contributed by atoms with Gasteiger partial charge in [-0.3, -0.25) is 0 Å². The number of aliphatic hydroxyl groups is 1. The molecule has 96 valence electrons. The Labute approximate surface area is 104 Å². The molecule has 0 aliphatic rings. The standard InChI is InChI=1S/C14H24N2O/c1-9-7-10(14(2,3)4)5-6-11(9)13(16)12(17)8-15/h5-7,12-13,17H,8,15-16H2,1-4H3. The third kappa shape index (κ3) is 3.28. The normalized spacial score (nSPS) is 15.7. The van der Waals surface area contributed by atoms with Crippen LogP contribution in [0.25, 0.3) is 0 Å². The van der Waals surface area contributed by atoms with Crippen LogP contribution in [0.5, 0.6) is 0 Å². The first kappa shape index (κ1) is 14.2. The SMILES string of the molecule is Cc1cc(C(C)(C)C)ccc1C(N)C(O)CN. The highest BCUT2D eigenvalue weighted by Gasteiger charge is 2.19. The molecule has 1 aromatic carbocycles. The Morgan fingerprint density at radius 1 is 1.29 bits per heavy atom. The van der Waals surface area contributed by atoms with E-state index in [2.05, 4.69) is 32.9 Å². The average molecular weight is 236 g/mol. The van der Waals surface area contributed by atoms with Gasteiger partial charge in [0.15, 0.2) is 0 Å². The van der Waals surface area contributed by atoms with Gasteiger partial charge in [-0.2, -0.15) is 0 Å². The Bertz CT molecular complexity index is 382. The van der Waals surface area contributed by atoms with Gasteiger partial charge in [0.25, 0.3) is 0 Å². The van der Waals surface area contributed by atoms with Crippen molar-refractivity contribution >= 4 is 0 Å². The van der Waals surface area contributed by atoms with Gasteiger partial charge in [0.05, 0.1) is 12.1 Å². The molecule has 0 heterocycles. The molecule has 0 aromatic heterocycles. The van der Waals surface area contributed by atoms with Crippen LogP contribution in [0.4, 0.5) is 0 Å². The van der Waals surface area contributed by atoms with E-state index in [1.165, 1.54) is 5.56 Å². The summed E-state index contributed by atoms with van der Waals surface area (Å²) >= 11 is 0. The van der Waals surface area contributed by atoms with Crippen LogP contribution in [0.1, 0.15) is 43.5 Å². The van der Waals surface area contributed by atoms with E-state index in [0.29, 0.717) is 0 Å². The maximum absolute atomic E-state index is 9.68. The summed E-state index contributed by atoms with van der Waals surface area (Å²) in [7, 11) is 0. The number of aryl methyl sites for hydroxylation is 1. The summed E-state index contributed by atoms with van der Waals surface area (Å²) in [5.74, 6) is 0. The van der Waals surface area contributed by atoms with Crippen molar-refractivity contribution in [3.8, 4) is 0 Å². The fourth-order valence-electron chi connectivity index (χ4n) is 1.87. The highest BCUT2D eigenvalue weighted by atomic mass is 16.3. The molecule has 0 bridgehead atoms. The van der Waals surface area contributed by atoms with Gasteiger partial charge in [0.2, 0.25) is 0 Å². The lowest BCUT2D eigenvalue weighted by molar-refractivity contribution is 0.152. The summed E-state index contributed by atoms with van der Waals surface area (Å²) in [4.78, 5) is 0. The minimum absolute atomic E-state index is 0.125. The van der Waals surface area contributed by atoms with Crippen LogP contribution in [-0.2, 0) is 5.41 Å². The Morgan fingerprint density at radius 3 is 2.29 bits per heavy atom. The average Bonchev–Trinajstić information content (AvgIpc) is 2.25. The van der Waals surface area contributed by atoms with E-state index in [-0.39, 0.29) is 12.0 Å². The fourth-order valence-corrected chi connectivity index (χ4v) is 1.87. The molecule has 0 aliphatic carbocycles. The summed E-state index contributed by atoms with van der Waals surface area (Å²) in [5, 5.41) is 9.68. The fraction of sp³-hybridized carbons (Fsp3) is 0.571. The third-order valence-electron chi connectivity index (χ3n) is 3.15. The first-order valence-electron chi connectivity index (χ1n) is 6.02. The zero-order valence-corrected chi connectivity index (χ0v) is 11.2. The molecule has 0 fully saturated rings. The Kier molecular flexibility index (Phi) is 4.31. The minimum atomic E-state index is -0.686. The van der Waals surface area contributed by atoms with Crippen molar-refractivity contribution in [3.63, 3.8) is 0 Å². The highest BCUT2D eigenvalue weighted by molar-refractivity contribution is 5.36. The third-order valence-corrected chi connectivity index (χ3v) is 3.15. The molecule has 0 saturated heterocycles. The van der Waals surface area contributed by atoms with Crippen molar-refractivity contribution in [2.24, 2.45) is 11.5 Å². The highest BCUT2D eigenvalue weighted by Crippen LogP contribution is 2.27. The summed E-state index contributed by atoms with van der Waals surface area (Å²) in [6.07, 6.45) is -0.686. The number of nitrogens with two attached hydrogens (primary N) is 2. The lowest BCUT2D eigenvalue weighted by atomic mass is 9.84. The number of rotatable bonds is 3. The second kappa shape index (κ2) is 5.17. The van der Waals surface area contributed by atoms with Crippen LogP contribution in [0, 0.1) is 6.92 Å². The summed E-state index contributed by atoms with van der Waals surface area (Å²) in [5.41, 5.74) is 14.9. The van der Waals surface area contributed by atoms with E-state index in [0.717, 1.165) is 11.1 Å². The number of hydrogen-bond acceptors (Lipinski definition) is 3. The summed E-state index contributed by atoms with van der Waals surface area (Å²) in [6, 6.07) is 5.80. The maximum Gasteiger partial charge on any atom is 0.0854 e. The first-order chi connectivity index (χ1) is 7.77. The van der Waals surface area contributed by atoms with E-state index in [1.54, 1.807) is 0 Å². The van der Waals surface area contributed by atoms with Crippen molar-refractivity contribution < 1.29 is 5.11 Å². The van der Waals surface area contributed by atoms with Gasteiger partial charge in [0.1, 0.15) is 0 Å². The Morgan fingerprint density at radius 2 is 1.88 bits per heavy atom. The number of hydrogen-bond donors (Lipinski definition) is 3. The second-order valence-electron chi connectivity index (χ2n) is 5.65. The van der Waals surface area contributed by atoms with Crippen LogP contribution < -0.4 is 11.5 Å². The van der Waals surface area contributed by atoms with Crippen LogP contribution in [-0.4, -0.2) is 17.8 Å². The molecule has 0 radical (unpaired) electrons. The molecular formula is C14H24N2O. The predicted molar refractivity (Wildman–Crippen MR) is 71.9 cm³/mol. The molecule has 3 nitrogen and oxygen atoms in total. The van der Waals surface area contributed by atoms with Gasteiger partial charge in [0, 0.05) is 6.54 Å². The monoisotopic (exact) mass is 236 g/mol. The molecule has 2 unspecified atom stereocenters. The van der Waals surface area contributed by atoms with Gasteiger partial charge in [-0.15, -0.1) is 0 Å². The van der Waals surface area contributed by atoms with Gasteiger partial charge >= 0.3 is 0 Å². The van der Waals surface area contributed by atoms with Crippen LogP contribution in [0.3, 0.4) is 0 Å². The number of aliphatic hydroxyl groups excluding tert-OH is 1. The molecule has 0 amide bonds. The second-order valence-corrected chi connectivity index (χ2v) is 5.65. The van der Waals surface area contributed by atoms with E-state index in [4.69, 9.17) is 11.5 Å². The molecule has 0 spiro atoms. The zero-order valence-electron chi connectivity index (χ0n) is 11.2. The van der Waals surface area contributed by atoms with Gasteiger partial charge in [-0.1, -0.05) is 39.0 Å². The molecule has 0 aliphatic heterocycles. The minimum Gasteiger partial charge on any atom is -0.390 e. The molecule has 0 saturated carbocycles. The van der Waals surface area contributed by atoms with E-state index >= 15 is 0 Å². The Balaban J connectivity index is 3.06. The quantitative estimate of drug-likeness (QED) is 0.746. The van der Waals surface area contributed by atoms with Crippen molar-refractivity contribution in [2.75, 3.05) is 6.54 Å². The molecule has 1 aromatic rings. The van der Waals surface area contributed by atoms with E-state index < -0.39 is 12.1 Å². The van der Waals surface area contributed by atoms with Gasteiger partial charge in [-0.05, 0) is 29.0 Å². The lowest BCUT2D eigenvalue weighted by Crippen LogP contribution is -2.33.